The Morgan fingerprint density at radius 3 is 2.45 bits per heavy atom. The van der Waals surface area contributed by atoms with Gasteiger partial charge in [0, 0.05) is 31.1 Å². The van der Waals surface area contributed by atoms with Gasteiger partial charge < -0.3 is 14.2 Å². The molecule has 0 bridgehead atoms. The van der Waals surface area contributed by atoms with Crippen LogP contribution in [0.15, 0.2) is 77.4 Å². The van der Waals surface area contributed by atoms with Crippen LogP contribution in [0.25, 0.3) is 6.08 Å². The number of hydrogen-bond donors (Lipinski definition) is 0. The highest BCUT2D eigenvalue weighted by molar-refractivity contribution is 5.96. The third-order valence-electron chi connectivity index (χ3n) is 5.73. The number of carbonyl (C=O) groups is 2. The molecular formula is C26H24F2N2O3. The minimum atomic E-state index is -0.812. The van der Waals surface area contributed by atoms with Crippen LogP contribution in [0.5, 0.6) is 0 Å². The van der Waals surface area contributed by atoms with E-state index < -0.39 is 11.6 Å². The molecule has 1 aromatic heterocycles. The molecule has 2 amide bonds. The van der Waals surface area contributed by atoms with E-state index >= 15 is 0 Å². The van der Waals surface area contributed by atoms with Crippen molar-refractivity contribution in [2.45, 2.75) is 19.4 Å². The van der Waals surface area contributed by atoms with Crippen molar-refractivity contribution in [3.05, 3.63) is 96.0 Å². The van der Waals surface area contributed by atoms with Gasteiger partial charge in [-0.2, -0.15) is 0 Å². The number of likely N-dealkylation sites (tertiary alicyclic amines) is 1. The Labute approximate surface area is 190 Å². The first-order valence-corrected chi connectivity index (χ1v) is 10.8. The summed E-state index contributed by atoms with van der Waals surface area (Å²) in [5.41, 5.74) is 0.938. The van der Waals surface area contributed by atoms with Crippen molar-refractivity contribution in [1.82, 2.24) is 4.90 Å². The molecule has 2 aromatic carbocycles. The average molecular weight is 450 g/mol. The van der Waals surface area contributed by atoms with E-state index in [1.165, 1.54) is 23.3 Å². The molecule has 7 heteroatoms. The fourth-order valence-corrected chi connectivity index (χ4v) is 3.94. The average Bonchev–Trinajstić information content (AvgIpc) is 3.35. The van der Waals surface area contributed by atoms with Gasteiger partial charge in [-0.05, 0) is 48.7 Å². The Morgan fingerprint density at radius 1 is 1.03 bits per heavy atom. The third-order valence-corrected chi connectivity index (χ3v) is 5.73. The van der Waals surface area contributed by atoms with Crippen LogP contribution in [0.4, 0.5) is 14.5 Å². The molecule has 2 heterocycles. The molecule has 3 aromatic rings. The number of piperidine rings is 1. The Morgan fingerprint density at radius 2 is 1.79 bits per heavy atom. The molecule has 1 aliphatic rings. The van der Waals surface area contributed by atoms with Crippen molar-refractivity contribution < 1.29 is 22.8 Å². The molecule has 0 spiro atoms. The van der Waals surface area contributed by atoms with Gasteiger partial charge in [0.15, 0.2) is 0 Å². The van der Waals surface area contributed by atoms with E-state index in [1.54, 1.807) is 23.1 Å². The normalized spacial score (nSPS) is 14.5. The summed E-state index contributed by atoms with van der Waals surface area (Å²) in [4.78, 5) is 28.9. The summed E-state index contributed by atoms with van der Waals surface area (Å²) in [5, 5.41) is 0. The first-order valence-electron chi connectivity index (χ1n) is 10.8. The minimum absolute atomic E-state index is 0.00194. The van der Waals surface area contributed by atoms with Crippen molar-refractivity contribution in [2.75, 3.05) is 18.0 Å². The number of anilines is 1. The molecule has 0 atom stereocenters. The molecule has 0 radical (unpaired) electrons. The van der Waals surface area contributed by atoms with Crippen LogP contribution in [0.3, 0.4) is 0 Å². The molecule has 5 nitrogen and oxygen atoms in total. The van der Waals surface area contributed by atoms with E-state index in [-0.39, 0.29) is 30.0 Å². The van der Waals surface area contributed by atoms with Crippen LogP contribution in [0.1, 0.15) is 24.2 Å². The first kappa shape index (κ1) is 22.5. The van der Waals surface area contributed by atoms with Gasteiger partial charge in [-0.1, -0.05) is 30.3 Å². The first-order chi connectivity index (χ1) is 16.0. The SMILES string of the molecule is O=C(C=Cc1ccccc1)N1CCC(C(=O)N(Cc2ccco2)c2ccc(F)cc2F)CC1. The lowest BCUT2D eigenvalue weighted by Gasteiger charge is -2.33. The predicted octanol–water partition coefficient (Wildman–Crippen LogP) is 5.04. The second kappa shape index (κ2) is 10.3. The second-order valence-corrected chi connectivity index (χ2v) is 7.94. The lowest BCUT2D eigenvalue weighted by atomic mass is 9.94. The molecule has 1 aliphatic heterocycles. The van der Waals surface area contributed by atoms with Gasteiger partial charge >= 0.3 is 0 Å². The zero-order chi connectivity index (χ0) is 23.2. The molecule has 1 fully saturated rings. The second-order valence-electron chi connectivity index (χ2n) is 7.94. The van der Waals surface area contributed by atoms with E-state index in [4.69, 9.17) is 4.42 Å². The third kappa shape index (κ3) is 5.55. The maximum Gasteiger partial charge on any atom is 0.246 e. The van der Waals surface area contributed by atoms with Gasteiger partial charge in [0.05, 0.1) is 18.5 Å². The maximum atomic E-state index is 14.5. The summed E-state index contributed by atoms with van der Waals surface area (Å²) in [6, 6.07) is 16.1. The van der Waals surface area contributed by atoms with Gasteiger partial charge in [0.1, 0.15) is 17.4 Å². The monoisotopic (exact) mass is 450 g/mol. The summed E-state index contributed by atoms with van der Waals surface area (Å²) in [7, 11) is 0. The summed E-state index contributed by atoms with van der Waals surface area (Å²) < 4.78 is 33.3. The Kier molecular flexibility index (Phi) is 6.98. The van der Waals surface area contributed by atoms with E-state index in [9.17, 15) is 18.4 Å². The largest absolute Gasteiger partial charge is 0.467 e. The number of nitrogens with zero attached hydrogens (tertiary/aromatic N) is 2. The molecule has 0 saturated carbocycles. The smallest absolute Gasteiger partial charge is 0.246 e. The molecule has 0 N–H and O–H groups in total. The minimum Gasteiger partial charge on any atom is -0.467 e. The molecule has 33 heavy (non-hydrogen) atoms. The topological polar surface area (TPSA) is 53.8 Å². The highest BCUT2D eigenvalue weighted by atomic mass is 19.1. The Hall–Kier alpha value is -3.74. The number of carbonyl (C=O) groups excluding carboxylic acids is 2. The molecular weight excluding hydrogens is 426 g/mol. The zero-order valence-electron chi connectivity index (χ0n) is 18.0. The van der Waals surface area contributed by atoms with E-state index in [1.807, 2.05) is 30.3 Å². The summed E-state index contributed by atoms with van der Waals surface area (Å²) in [5.74, 6) is -1.80. The van der Waals surface area contributed by atoms with E-state index in [0.29, 0.717) is 31.7 Å². The van der Waals surface area contributed by atoms with Crippen LogP contribution >= 0.6 is 0 Å². The quantitative estimate of drug-likeness (QED) is 0.495. The molecule has 1 saturated heterocycles. The number of halogens is 2. The van der Waals surface area contributed by atoms with Crippen LogP contribution in [-0.2, 0) is 16.1 Å². The summed E-state index contributed by atoms with van der Waals surface area (Å²) in [6.45, 7) is 0.886. The predicted molar refractivity (Wildman–Crippen MR) is 121 cm³/mol. The zero-order valence-corrected chi connectivity index (χ0v) is 18.0. The van der Waals surface area contributed by atoms with E-state index in [2.05, 4.69) is 0 Å². The molecule has 4 rings (SSSR count). The highest BCUT2D eigenvalue weighted by Crippen LogP contribution is 2.28. The number of benzene rings is 2. The number of rotatable bonds is 6. The fraction of sp³-hybridized carbons (Fsp3) is 0.231. The van der Waals surface area contributed by atoms with Crippen molar-refractivity contribution in [3.63, 3.8) is 0 Å². The lowest BCUT2D eigenvalue weighted by Crippen LogP contribution is -2.44. The Bertz CT molecular complexity index is 1120. The van der Waals surface area contributed by atoms with Crippen molar-refractivity contribution in [2.24, 2.45) is 5.92 Å². The van der Waals surface area contributed by atoms with Crippen LogP contribution in [0.2, 0.25) is 0 Å². The van der Waals surface area contributed by atoms with Crippen LogP contribution in [0, 0.1) is 17.6 Å². The summed E-state index contributed by atoms with van der Waals surface area (Å²) >= 11 is 0. The fourth-order valence-electron chi connectivity index (χ4n) is 3.94. The van der Waals surface area contributed by atoms with E-state index in [0.717, 1.165) is 17.7 Å². The number of furan rings is 1. The maximum absolute atomic E-state index is 14.5. The lowest BCUT2D eigenvalue weighted by molar-refractivity contribution is -0.131. The number of amides is 2. The van der Waals surface area contributed by atoms with Crippen LogP contribution in [-0.4, -0.2) is 29.8 Å². The Balaban J connectivity index is 1.43. The number of hydrogen-bond acceptors (Lipinski definition) is 3. The highest BCUT2D eigenvalue weighted by Gasteiger charge is 2.32. The molecule has 0 unspecified atom stereocenters. The molecule has 0 aliphatic carbocycles. The van der Waals surface area contributed by atoms with Gasteiger partial charge in [-0.15, -0.1) is 0 Å². The van der Waals surface area contributed by atoms with Crippen molar-refractivity contribution in [3.8, 4) is 0 Å². The molecule has 170 valence electrons. The van der Waals surface area contributed by atoms with Crippen LogP contribution < -0.4 is 4.90 Å². The van der Waals surface area contributed by atoms with Gasteiger partial charge in [0.25, 0.3) is 0 Å². The van der Waals surface area contributed by atoms with Crippen molar-refractivity contribution >= 4 is 23.6 Å². The standard InChI is InChI=1S/C26H24F2N2O3/c27-21-9-10-24(23(28)17-21)30(18-22-7-4-16-33-22)26(32)20-12-14-29(15-13-20)25(31)11-8-19-5-2-1-3-6-19/h1-11,16-17,20H,12-15,18H2. The van der Waals surface area contributed by atoms with Gasteiger partial charge in [-0.3, -0.25) is 9.59 Å². The summed E-state index contributed by atoms with van der Waals surface area (Å²) in [6.07, 6.45) is 5.70. The van der Waals surface area contributed by atoms with Crippen molar-refractivity contribution in [1.29, 1.82) is 0 Å². The van der Waals surface area contributed by atoms with Gasteiger partial charge in [-0.25, -0.2) is 8.78 Å². The van der Waals surface area contributed by atoms with Gasteiger partial charge in [0.2, 0.25) is 11.8 Å².